The SMILES string of the molecule is CCc1nc(C)ncc1C(=O)Nc1ccc(OC)c(OCc2cccnc2)c1. The highest BCUT2D eigenvalue weighted by molar-refractivity contribution is 6.05. The topological polar surface area (TPSA) is 86.2 Å². The largest absolute Gasteiger partial charge is 0.493 e. The van der Waals surface area contributed by atoms with Crippen LogP contribution in [0.4, 0.5) is 5.69 Å². The van der Waals surface area contributed by atoms with Crippen molar-refractivity contribution in [3.63, 3.8) is 0 Å². The minimum atomic E-state index is -0.264. The Morgan fingerprint density at radius 2 is 2.04 bits per heavy atom. The van der Waals surface area contributed by atoms with Crippen molar-refractivity contribution in [2.24, 2.45) is 0 Å². The van der Waals surface area contributed by atoms with Gasteiger partial charge in [0, 0.05) is 35.9 Å². The molecular formula is C21H22N4O3. The lowest BCUT2D eigenvalue weighted by atomic mass is 10.1. The number of amides is 1. The lowest BCUT2D eigenvalue weighted by molar-refractivity contribution is 0.102. The van der Waals surface area contributed by atoms with E-state index in [0.717, 1.165) is 5.56 Å². The van der Waals surface area contributed by atoms with Crippen LogP contribution in [0, 0.1) is 6.92 Å². The predicted molar refractivity (Wildman–Crippen MR) is 106 cm³/mol. The molecule has 2 aromatic heterocycles. The molecule has 3 rings (SSSR count). The molecular weight excluding hydrogens is 356 g/mol. The number of benzene rings is 1. The average molecular weight is 378 g/mol. The van der Waals surface area contributed by atoms with Crippen LogP contribution in [0.3, 0.4) is 0 Å². The Morgan fingerprint density at radius 3 is 2.75 bits per heavy atom. The third-order valence-electron chi connectivity index (χ3n) is 4.11. The third kappa shape index (κ3) is 4.62. The molecule has 7 heteroatoms. The molecule has 0 fully saturated rings. The predicted octanol–water partition coefficient (Wildman–Crippen LogP) is 3.58. The summed E-state index contributed by atoms with van der Waals surface area (Å²) in [5, 5.41) is 2.88. The van der Waals surface area contributed by atoms with Gasteiger partial charge >= 0.3 is 0 Å². The van der Waals surface area contributed by atoms with Gasteiger partial charge in [0.05, 0.1) is 18.4 Å². The van der Waals surface area contributed by atoms with E-state index in [-0.39, 0.29) is 5.91 Å². The highest BCUT2D eigenvalue weighted by Gasteiger charge is 2.14. The maximum absolute atomic E-state index is 12.7. The summed E-state index contributed by atoms with van der Waals surface area (Å²) in [6.45, 7) is 4.10. The Labute approximate surface area is 163 Å². The Hall–Kier alpha value is -3.48. The molecule has 0 aliphatic rings. The normalized spacial score (nSPS) is 10.4. The maximum Gasteiger partial charge on any atom is 0.259 e. The van der Waals surface area contributed by atoms with E-state index in [4.69, 9.17) is 9.47 Å². The van der Waals surface area contributed by atoms with Crippen molar-refractivity contribution in [1.29, 1.82) is 0 Å². The van der Waals surface area contributed by atoms with E-state index in [9.17, 15) is 4.79 Å². The summed E-state index contributed by atoms with van der Waals surface area (Å²) in [7, 11) is 1.57. The van der Waals surface area contributed by atoms with Crippen LogP contribution in [-0.2, 0) is 13.0 Å². The lowest BCUT2D eigenvalue weighted by Crippen LogP contribution is -2.16. The molecule has 0 aliphatic heterocycles. The number of rotatable bonds is 7. The molecule has 1 amide bonds. The van der Waals surface area contributed by atoms with Gasteiger partial charge in [0.25, 0.3) is 5.91 Å². The van der Waals surface area contributed by atoms with Gasteiger partial charge in [0.2, 0.25) is 0 Å². The minimum absolute atomic E-state index is 0.264. The van der Waals surface area contributed by atoms with Gasteiger partial charge in [-0.1, -0.05) is 13.0 Å². The third-order valence-corrected chi connectivity index (χ3v) is 4.11. The Morgan fingerprint density at radius 1 is 1.18 bits per heavy atom. The number of carbonyl (C=O) groups is 1. The molecule has 144 valence electrons. The van der Waals surface area contributed by atoms with Gasteiger partial charge in [-0.15, -0.1) is 0 Å². The quantitative estimate of drug-likeness (QED) is 0.676. The molecule has 0 saturated carbocycles. The zero-order valence-electron chi connectivity index (χ0n) is 16.1. The van der Waals surface area contributed by atoms with E-state index >= 15 is 0 Å². The molecule has 0 bridgehead atoms. The summed E-state index contributed by atoms with van der Waals surface area (Å²) >= 11 is 0. The molecule has 0 unspecified atom stereocenters. The second kappa shape index (κ2) is 8.94. The minimum Gasteiger partial charge on any atom is -0.493 e. The number of carbonyl (C=O) groups excluding carboxylic acids is 1. The van der Waals surface area contributed by atoms with Gasteiger partial charge in [0.15, 0.2) is 11.5 Å². The lowest BCUT2D eigenvalue weighted by Gasteiger charge is -2.13. The van der Waals surface area contributed by atoms with E-state index < -0.39 is 0 Å². The molecule has 0 spiro atoms. The molecule has 28 heavy (non-hydrogen) atoms. The first-order valence-electron chi connectivity index (χ1n) is 8.94. The van der Waals surface area contributed by atoms with E-state index in [1.54, 1.807) is 50.8 Å². The van der Waals surface area contributed by atoms with Crippen molar-refractivity contribution in [1.82, 2.24) is 15.0 Å². The van der Waals surface area contributed by atoms with Crippen LogP contribution >= 0.6 is 0 Å². The van der Waals surface area contributed by atoms with E-state index in [2.05, 4.69) is 20.3 Å². The van der Waals surface area contributed by atoms with Crippen LogP contribution in [0.1, 0.15) is 34.4 Å². The first-order chi connectivity index (χ1) is 13.6. The number of pyridine rings is 1. The Balaban J connectivity index is 1.78. The van der Waals surface area contributed by atoms with Crippen molar-refractivity contribution in [2.75, 3.05) is 12.4 Å². The summed E-state index contributed by atoms with van der Waals surface area (Å²) in [5.74, 6) is 1.49. The number of ether oxygens (including phenoxy) is 2. The van der Waals surface area contributed by atoms with Crippen molar-refractivity contribution in [2.45, 2.75) is 26.9 Å². The summed E-state index contributed by atoms with van der Waals surface area (Å²) in [6.07, 6.45) is 5.65. The fourth-order valence-corrected chi connectivity index (χ4v) is 2.69. The zero-order chi connectivity index (χ0) is 19.9. The number of anilines is 1. The van der Waals surface area contributed by atoms with Gasteiger partial charge < -0.3 is 14.8 Å². The number of hydrogen-bond acceptors (Lipinski definition) is 6. The zero-order valence-corrected chi connectivity index (χ0v) is 16.1. The molecule has 0 atom stereocenters. The number of methoxy groups -OCH3 is 1. The summed E-state index contributed by atoms with van der Waals surface area (Å²) < 4.78 is 11.2. The Kier molecular flexibility index (Phi) is 6.16. The van der Waals surface area contributed by atoms with Crippen LogP contribution in [0.25, 0.3) is 0 Å². The second-order valence-corrected chi connectivity index (χ2v) is 6.10. The number of aryl methyl sites for hydroxylation is 2. The van der Waals surface area contributed by atoms with Gasteiger partial charge in [-0.2, -0.15) is 0 Å². The van der Waals surface area contributed by atoms with E-state index in [1.165, 1.54) is 0 Å². The first-order valence-corrected chi connectivity index (χ1v) is 8.94. The molecule has 2 heterocycles. The smallest absolute Gasteiger partial charge is 0.259 e. The molecule has 3 aromatic rings. The average Bonchev–Trinajstić information content (AvgIpc) is 2.73. The van der Waals surface area contributed by atoms with Crippen molar-refractivity contribution in [3.8, 4) is 11.5 Å². The molecule has 0 radical (unpaired) electrons. The first kappa shape index (κ1) is 19.3. The summed E-state index contributed by atoms with van der Waals surface area (Å²) in [5.41, 5.74) is 2.70. The maximum atomic E-state index is 12.7. The number of aromatic nitrogens is 3. The molecule has 7 nitrogen and oxygen atoms in total. The van der Waals surface area contributed by atoms with Crippen molar-refractivity contribution < 1.29 is 14.3 Å². The van der Waals surface area contributed by atoms with Gasteiger partial charge in [0.1, 0.15) is 12.4 Å². The number of nitrogens with zero attached hydrogens (tertiary/aromatic N) is 3. The second-order valence-electron chi connectivity index (χ2n) is 6.10. The van der Waals surface area contributed by atoms with Crippen molar-refractivity contribution in [3.05, 3.63) is 71.6 Å². The fourth-order valence-electron chi connectivity index (χ4n) is 2.69. The highest BCUT2D eigenvalue weighted by Crippen LogP contribution is 2.31. The highest BCUT2D eigenvalue weighted by atomic mass is 16.5. The standard InChI is InChI=1S/C21H22N4O3/c1-4-18-17(12-23-14(2)24-18)21(26)25-16-7-8-19(27-3)20(10-16)28-13-15-6-5-9-22-11-15/h5-12H,4,13H2,1-3H3,(H,25,26). The number of nitrogens with one attached hydrogen (secondary N) is 1. The van der Waals surface area contributed by atoms with Crippen LogP contribution in [-0.4, -0.2) is 28.0 Å². The Bertz CT molecular complexity index is 961. The molecule has 1 aromatic carbocycles. The van der Waals surface area contributed by atoms with E-state index in [0.29, 0.717) is 47.3 Å². The number of hydrogen-bond donors (Lipinski definition) is 1. The molecule has 0 saturated heterocycles. The van der Waals surface area contributed by atoms with Crippen molar-refractivity contribution >= 4 is 11.6 Å². The van der Waals surface area contributed by atoms with E-state index in [1.807, 2.05) is 19.1 Å². The van der Waals surface area contributed by atoms with Gasteiger partial charge in [-0.25, -0.2) is 9.97 Å². The van der Waals surface area contributed by atoms with Crippen LogP contribution < -0.4 is 14.8 Å². The summed E-state index contributed by atoms with van der Waals surface area (Å²) in [6, 6.07) is 9.01. The van der Waals surface area contributed by atoms with Crippen LogP contribution in [0.2, 0.25) is 0 Å². The van der Waals surface area contributed by atoms with Gasteiger partial charge in [-0.05, 0) is 31.5 Å². The fraction of sp³-hybridized carbons (Fsp3) is 0.238. The van der Waals surface area contributed by atoms with Crippen LogP contribution in [0.15, 0.2) is 48.9 Å². The van der Waals surface area contributed by atoms with Gasteiger partial charge in [-0.3, -0.25) is 9.78 Å². The molecule has 1 N–H and O–H groups in total. The molecule has 0 aliphatic carbocycles. The van der Waals surface area contributed by atoms with Crippen LogP contribution in [0.5, 0.6) is 11.5 Å². The monoisotopic (exact) mass is 378 g/mol. The summed E-state index contributed by atoms with van der Waals surface area (Å²) in [4.78, 5) is 25.2.